The molecule has 0 bridgehead atoms. The second kappa shape index (κ2) is 5.49. The Morgan fingerprint density at radius 3 is 1.29 bits per heavy atom. The van der Waals surface area contributed by atoms with Gasteiger partial charge in [0.15, 0.2) is 0 Å². The summed E-state index contributed by atoms with van der Waals surface area (Å²) in [6, 6.07) is 30.7. The minimum atomic E-state index is 1.27. The number of benzene rings is 4. The highest BCUT2D eigenvalue weighted by Gasteiger charge is 2.17. The van der Waals surface area contributed by atoms with E-state index in [0.717, 1.165) is 0 Å². The summed E-state index contributed by atoms with van der Waals surface area (Å²) in [5, 5.41) is 5.29. The first-order chi connectivity index (χ1) is 13.8. The molecule has 0 amide bonds. The third-order valence-electron chi connectivity index (χ3n) is 6.17. The van der Waals surface area contributed by atoms with Crippen molar-refractivity contribution in [1.82, 2.24) is 9.13 Å². The fourth-order valence-corrected chi connectivity index (χ4v) is 4.87. The Morgan fingerprint density at radius 2 is 0.821 bits per heavy atom. The van der Waals surface area contributed by atoms with Gasteiger partial charge in [-0.05, 0) is 35.4 Å². The van der Waals surface area contributed by atoms with E-state index in [2.05, 4.69) is 108 Å². The summed E-state index contributed by atoms with van der Waals surface area (Å²) in [5.41, 5.74) is 7.70. The number of hydrogen-bond donors (Lipinski definition) is 0. The zero-order chi connectivity index (χ0) is 18.8. The van der Waals surface area contributed by atoms with Crippen molar-refractivity contribution < 1.29 is 0 Å². The zero-order valence-electron chi connectivity index (χ0n) is 16.0. The number of para-hydroxylation sites is 2. The Morgan fingerprint density at radius 1 is 0.429 bits per heavy atom. The second-order valence-corrected chi connectivity index (χ2v) is 7.55. The normalized spacial score (nSPS) is 11.9. The number of fused-ring (bicyclic) bond motifs is 6. The highest BCUT2D eigenvalue weighted by atomic mass is 14.9. The van der Waals surface area contributed by atoms with Gasteiger partial charge in [-0.15, -0.1) is 0 Å². The van der Waals surface area contributed by atoms with Crippen molar-refractivity contribution in [3.8, 4) is 11.1 Å². The van der Waals surface area contributed by atoms with Gasteiger partial charge in [0.1, 0.15) is 0 Å². The van der Waals surface area contributed by atoms with E-state index in [1.165, 1.54) is 54.7 Å². The molecule has 0 unspecified atom stereocenters. The molecule has 0 aliphatic carbocycles. The molecule has 0 saturated heterocycles. The maximum absolute atomic E-state index is 2.30. The molecule has 2 heterocycles. The average molecular weight is 360 g/mol. The molecular formula is C26H20N2. The third kappa shape index (κ3) is 1.87. The molecule has 2 nitrogen and oxygen atoms in total. The van der Waals surface area contributed by atoms with E-state index >= 15 is 0 Å². The first-order valence-corrected chi connectivity index (χ1v) is 9.68. The Labute approximate surface area is 163 Å². The van der Waals surface area contributed by atoms with Gasteiger partial charge in [-0.1, -0.05) is 60.7 Å². The number of aryl methyl sites for hydroxylation is 2. The lowest BCUT2D eigenvalue weighted by Gasteiger charge is -2.08. The van der Waals surface area contributed by atoms with Crippen LogP contribution in [0.1, 0.15) is 0 Å². The molecule has 2 aromatic heterocycles. The molecule has 6 aromatic rings. The fraction of sp³-hybridized carbons (Fsp3) is 0.0769. The van der Waals surface area contributed by atoms with E-state index < -0.39 is 0 Å². The number of hydrogen-bond acceptors (Lipinski definition) is 0. The number of rotatable bonds is 1. The Bertz CT molecular complexity index is 1410. The van der Waals surface area contributed by atoms with E-state index in [9.17, 15) is 0 Å². The fourth-order valence-electron chi connectivity index (χ4n) is 4.87. The summed E-state index contributed by atoms with van der Waals surface area (Å²) in [5.74, 6) is 0. The smallest absolute Gasteiger partial charge is 0.0495 e. The van der Waals surface area contributed by atoms with E-state index in [1.807, 2.05) is 0 Å². The molecule has 0 atom stereocenters. The van der Waals surface area contributed by atoms with Crippen LogP contribution in [-0.2, 0) is 14.1 Å². The van der Waals surface area contributed by atoms with Crippen molar-refractivity contribution >= 4 is 43.6 Å². The molecule has 0 aliphatic rings. The van der Waals surface area contributed by atoms with E-state index in [4.69, 9.17) is 0 Å². The van der Waals surface area contributed by atoms with Gasteiger partial charge in [-0.3, -0.25) is 0 Å². The quantitative estimate of drug-likeness (QED) is 0.311. The van der Waals surface area contributed by atoms with Gasteiger partial charge >= 0.3 is 0 Å². The Hall–Kier alpha value is -3.52. The second-order valence-electron chi connectivity index (χ2n) is 7.55. The van der Waals surface area contributed by atoms with Crippen LogP contribution in [0.5, 0.6) is 0 Å². The predicted octanol–water partition coefficient (Wildman–Crippen LogP) is 6.64. The summed E-state index contributed by atoms with van der Waals surface area (Å²) in [7, 11) is 4.32. The van der Waals surface area contributed by atoms with Crippen molar-refractivity contribution in [2.75, 3.05) is 0 Å². The van der Waals surface area contributed by atoms with E-state index in [1.54, 1.807) is 0 Å². The first kappa shape index (κ1) is 15.5. The standard InChI is InChI=1S/C26H20N2/c1-27-21-13-5-3-9-19(21)25-17(11-7-15-23(25)27)18-12-8-16-24-26(18)20-10-4-6-14-22(20)28(24)2/h3-16H,1-2H3. The third-order valence-corrected chi connectivity index (χ3v) is 6.17. The van der Waals surface area contributed by atoms with Crippen molar-refractivity contribution in [1.29, 1.82) is 0 Å². The molecule has 134 valence electrons. The topological polar surface area (TPSA) is 9.86 Å². The van der Waals surface area contributed by atoms with Crippen LogP contribution in [0.3, 0.4) is 0 Å². The maximum atomic E-state index is 2.30. The molecular weight excluding hydrogens is 340 g/mol. The number of aromatic nitrogens is 2. The Balaban J connectivity index is 1.84. The van der Waals surface area contributed by atoms with Crippen molar-refractivity contribution in [3.63, 3.8) is 0 Å². The SMILES string of the molecule is Cn1c2ccccc2c2c(-c3cccc4c3c3ccccc3n4C)cccc21. The van der Waals surface area contributed by atoms with Crippen LogP contribution in [-0.4, -0.2) is 9.13 Å². The van der Waals surface area contributed by atoms with Gasteiger partial charge in [0.05, 0.1) is 0 Å². The summed E-state index contributed by atoms with van der Waals surface area (Å²) in [6.45, 7) is 0. The molecule has 28 heavy (non-hydrogen) atoms. The molecule has 0 spiro atoms. The first-order valence-electron chi connectivity index (χ1n) is 9.68. The zero-order valence-corrected chi connectivity index (χ0v) is 16.0. The monoisotopic (exact) mass is 360 g/mol. The van der Waals surface area contributed by atoms with Gasteiger partial charge in [0.25, 0.3) is 0 Å². The average Bonchev–Trinajstić information content (AvgIpc) is 3.21. The molecule has 0 radical (unpaired) electrons. The van der Waals surface area contributed by atoms with Gasteiger partial charge in [0.2, 0.25) is 0 Å². The van der Waals surface area contributed by atoms with Crippen LogP contribution in [0, 0.1) is 0 Å². The van der Waals surface area contributed by atoms with Crippen molar-refractivity contribution in [2.45, 2.75) is 0 Å². The lowest BCUT2D eigenvalue weighted by atomic mass is 9.95. The molecule has 6 rings (SSSR count). The van der Waals surface area contributed by atoms with Gasteiger partial charge in [-0.25, -0.2) is 0 Å². The van der Waals surface area contributed by atoms with Gasteiger partial charge in [-0.2, -0.15) is 0 Å². The number of nitrogens with zero attached hydrogens (tertiary/aromatic N) is 2. The molecule has 0 N–H and O–H groups in total. The van der Waals surface area contributed by atoms with Gasteiger partial charge < -0.3 is 9.13 Å². The highest BCUT2D eigenvalue weighted by molar-refractivity contribution is 6.21. The van der Waals surface area contributed by atoms with Crippen LogP contribution in [0.25, 0.3) is 54.7 Å². The summed E-state index contributed by atoms with van der Waals surface area (Å²) in [6.07, 6.45) is 0. The Kier molecular flexibility index (Phi) is 3.05. The van der Waals surface area contributed by atoms with E-state index in [-0.39, 0.29) is 0 Å². The minimum absolute atomic E-state index is 1.27. The van der Waals surface area contributed by atoms with Crippen LogP contribution in [0.15, 0.2) is 84.9 Å². The largest absolute Gasteiger partial charge is 0.344 e. The molecule has 0 aliphatic heterocycles. The molecule has 2 heteroatoms. The molecule has 4 aromatic carbocycles. The van der Waals surface area contributed by atoms with Crippen LogP contribution in [0.4, 0.5) is 0 Å². The summed E-state index contributed by atoms with van der Waals surface area (Å²) in [4.78, 5) is 0. The predicted molar refractivity (Wildman–Crippen MR) is 120 cm³/mol. The lowest BCUT2D eigenvalue weighted by molar-refractivity contribution is 1.01. The van der Waals surface area contributed by atoms with Crippen LogP contribution < -0.4 is 0 Å². The van der Waals surface area contributed by atoms with Gasteiger partial charge in [0, 0.05) is 57.7 Å². The van der Waals surface area contributed by atoms with Crippen molar-refractivity contribution in [3.05, 3.63) is 84.9 Å². The molecule has 0 fully saturated rings. The van der Waals surface area contributed by atoms with Crippen LogP contribution >= 0.6 is 0 Å². The minimum Gasteiger partial charge on any atom is -0.344 e. The summed E-state index contributed by atoms with van der Waals surface area (Å²) >= 11 is 0. The van der Waals surface area contributed by atoms with E-state index in [0.29, 0.717) is 0 Å². The highest BCUT2D eigenvalue weighted by Crippen LogP contribution is 2.41. The van der Waals surface area contributed by atoms with Crippen LogP contribution in [0.2, 0.25) is 0 Å². The van der Waals surface area contributed by atoms with Crippen molar-refractivity contribution in [2.24, 2.45) is 14.1 Å². The lowest BCUT2D eigenvalue weighted by Crippen LogP contribution is -1.88. The summed E-state index contributed by atoms with van der Waals surface area (Å²) < 4.78 is 4.61. The maximum Gasteiger partial charge on any atom is 0.0495 e. The molecule has 0 saturated carbocycles.